The molecule has 0 bridgehead atoms. The summed E-state index contributed by atoms with van der Waals surface area (Å²) >= 11 is 0. The van der Waals surface area contributed by atoms with Crippen LogP contribution in [0.15, 0.2) is 52.2 Å². The van der Waals surface area contributed by atoms with Crippen LogP contribution in [0.1, 0.15) is 10.4 Å². The van der Waals surface area contributed by atoms with Crippen LogP contribution < -0.4 is 10.7 Å². The number of carbonyl (C=O) groups is 1. The second kappa shape index (κ2) is 6.61. The van der Waals surface area contributed by atoms with Crippen LogP contribution in [0, 0.1) is 5.82 Å². The first-order valence-corrected chi connectivity index (χ1v) is 8.64. The lowest BCUT2D eigenvalue weighted by Crippen LogP contribution is -2.26. The molecule has 2 N–H and O–H groups in total. The second-order valence-corrected chi connectivity index (χ2v) is 6.72. The lowest BCUT2D eigenvalue weighted by molar-refractivity contribution is 0.0330. The first-order chi connectivity index (χ1) is 12.3. The van der Waals surface area contributed by atoms with Crippen LogP contribution in [0.25, 0.3) is 10.9 Å². The normalized spacial score (nSPS) is 11.5. The van der Waals surface area contributed by atoms with E-state index in [-0.39, 0.29) is 5.39 Å². The molecular formula is C15H11FN4O5S. The summed E-state index contributed by atoms with van der Waals surface area (Å²) in [6, 6.07) is 8.88. The molecule has 0 atom stereocenters. The third-order valence-electron chi connectivity index (χ3n) is 3.43. The van der Waals surface area contributed by atoms with Crippen LogP contribution in [0.2, 0.25) is 0 Å². The summed E-state index contributed by atoms with van der Waals surface area (Å²) in [5.74, 6) is -2.19. The van der Waals surface area contributed by atoms with E-state index in [9.17, 15) is 22.4 Å². The van der Waals surface area contributed by atoms with E-state index >= 15 is 0 Å². The van der Waals surface area contributed by atoms with Gasteiger partial charge in [0.15, 0.2) is 6.73 Å². The maximum atomic E-state index is 13.8. The van der Waals surface area contributed by atoms with Gasteiger partial charge in [0, 0.05) is 0 Å². The maximum absolute atomic E-state index is 13.8. The first kappa shape index (κ1) is 17.6. The number of ether oxygens (including phenoxy) is 1. The van der Waals surface area contributed by atoms with Crippen LogP contribution in [-0.4, -0.2) is 29.4 Å². The largest absolute Gasteiger partial charge is 0.438 e. The summed E-state index contributed by atoms with van der Waals surface area (Å²) < 4.78 is 42.0. The number of nitrogens with two attached hydrogens (primary N) is 1. The Kier molecular flexibility index (Phi) is 4.49. The zero-order valence-corrected chi connectivity index (χ0v) is 13.8. The van der Waals surface area contributed by atoms with Gasteiger partial charge >= 0.3 is 5.97 Å². The number of sulfonamides is 1. The third-order valence-corrected chi connectivity index (χ3v) is 4.34. The molecule has 134 valence electrons. The molecule has 0 spiro atoms. The van der Waals surface area contributed by atoms with Crippen LogP contribution in [0.5, 0.6) is 0 Å². The number of primary sulfonamides is 1. The molecule has 3 rings (SSSR count). The summed E-state index contributed by atoms with van der Waals surface area (Å²) in [6.07, 6.45) is 0. The van der Waals surface area contributed by atoms with Gasteiger partial charge in [-0.15, -0.1) is 5.10 Å². The highest BCUT2D eigenvalue weighted by molar-refractivity contribution is 7.89. The van der Waals surface area contributed by atoms with Gasteiger partial charge in [0.2, 0.25) is 10.0 Å². The Balaban J connectivity index is 1.86. The Morgan fingerprint density at radius 3 is 2.69 bits per heavy atom. The Morgan fingerprint density at radius 1 is 1.23 bits per heavy atom. The van der Waals surface area contributed by atoms with Crippen LogP contribution in [0.3, 0.4) is 0 Å². The zero-order valence-electron chi connectivity index (χ0n) is 13.0. The highest BCUT2D eigenvalue weighted by Crippen LogP contribution is 2.15. The van der Waals surface area contributed by atoms with Gasteiger partial charge in [-0.25, -0.2) is 22.7 Å². The van der Waals surface area contributed by atoms with Gasteiger partial charge in [0.1, 0.15) is 11.3 Å². The number of hydrogen-bond donors (Lipinski definition) is 1. The van der Waals surface area contributed by atoms with Crippen LogP contribution >= 0.6 is 0 Å². The molecule has 0 amide bonds. The van der Waals surface area contributed by atoms with Crippen LogP contribution in [-0.2, 0) is 21.5 Å². The van der Waals surface area contributed by atoms with E-state index in [0.717, 1.165) is 22.9 Å². The number of esters is 1. The maximum Gasteiger partial charge on any atom is 0.342 e. The number of carbonyl (C=O) groups excluding carboxylic acids is 1. The number of nitrogens with zero attached hydrogens (tertiary/aromatic N) is 3. The molecule has 1 heterocycles. The molecule has 9 nitrogen and oxygen atoms in total. The van der Waals surface area contributed by atoms with Crippen molar-refractivity contribution in [2.24, 2.45) is 5.14 Å². The number of fused-ring (bicyclic) bond motifs is 1. The SMILES string of the molecule is NS(=O)(=O)c1ccc(F)c(C(=O)OCn2nnc3ccccc3c2=O)c1. The van der Waals surface area contributed by atoms with E-state index in [2.05, 4.69) is 10.3 Å². The smallest absolute Gasteiger partial charge is 0.342 e. The zero-order chi connectivity index (χ0) is 18.9. The molecule has 0 fully saturated rings. The van der Waals surface area contributed by atoms with Crippen molar-refractivity contribution in [1.82, 2.24) is 15.0 Å². The average molecular weight is 378 g/mol. The Labute approximate surface area is 145 Å². The first-order valence-electron chi connectivity index (χ1n) is 7.09. The molecule has 0 radical (unpaired) electrons. The molecular weight excluding hydrogens is 367 g/mol. The minimum Gasteiger partial charge on any atom is -0.438 e. The fourth-order valence-electron chi connectivity index (χ4n) is 2.14. The number of halogens is 1. The number of rotatable bonds is 4. The van der Waals surface area contributed by atoms with Crippen molar-refractivity contribution in [2.45, 2.75) is 11.6 Å². The van der Waals surface area contributed by atoms with Crippen molar-refractivity contribution in [1.29, 1.82) is 0 Å². The Morgan fingerprint density at radius 2 is 1.96 bits per heavy atom. The molecule has 1 aromatic heterocycles. The highest BCUT2D eigenvalue weighted by atomic mass is 32.2. The van der Waals surface area contributed by atoms with E-state index < -0.39 is 44.6 Å². The Bertz CT molecular complexity index is 1180. The molecule has 0 saturated heterocycles. The average Bonchev–Trinajstić information content (AvgIpc) is 2.60. The standard InChI is InChI=1S/C15H11FN4O5S/c16-12-6-5-9(26(17,23)24)7-11(12)15(22)25-8-20-14(21)10-3-1-2-4-13(10)18-19-20/h1-7H,8H2,(H2,17,23,24). The van der Waals surface area contributed by atoms with Crippen molar-refractivity contribution >= 4 is 26.9 Å². The molecule has 0 saturated carbocycles. The predicted octanol–water partition coefficient (Wildman–Crippen LogP) is 0.392. The van der Waals surface area contributed by atoms with E-state index in [1.165, 1.54) is 6.07 Å². The summed E-state index contributed by atoms with van der Waals surface area (Å²) in [6.45, 7) is -0.630. The quantitative estimate of drug-likeness (QED) is 0.649. The van der Waals surface area contributed by atoms with E-state index in [1.54, 1.807) is 18.2 Å². The fourth-order valence-corrected chi connectivity index (χ4v) is 2.68. The molecule has 3 aromatic rings. The molecule has 0 aliphatic rings. The predicted molar refractivity (Wildman–Crippen MR) is 87.0 cm³/mol. The third kappa shape index (κ3) is 3.43. The summed E-state index contributed by atoms with van der Waals surface area (Å²) in [5, 5.41) is 12.6. The number of benzene rings is 2. The second-order valence-electron chi connectivity index (χ2n) is 5.16. The summed E-state index contributed by atoms with van der Waals surface area (Å²) in [5.41, 5.74) is -0.826. The minimum atomic E-state index is -4.13. The lowest BCUT2D eigenvalue weighted by atomic mass is 10.2. The van der Waals surface area contributed by atoms with Gasteiger partial charge in [-0.2, -0.15) is 4.68 Å². The van der Waals surface area contributed by atoms with E-state index in [0.29, 0.717) is 5.52 Å². The highest BCUT2D eigenvalue weighted by Gasteiger charge is 2.18. The summed E-state index contributed by atoms with van der Waals surface area (Å²) in [7, 11) is -4.13. The molecule has 26 heavy (non-hydrogen) atoms. The Hall–Kier alpha value is -3.18. The molecule has 0 aliphatic carbocycles. The number of hydrogen-bond acceptors (Lipinski definition) is 7. The minimum absolute atomic E-state index is 0.265. The van der Waals surface area contributed by atoms with Gasteiger partial charge in [-0.1, -0.05) is 17.3 Å². The van der Waals surface area contributed by atoms with Crippen molar-refractivity contribution in [3.63, 3.8) is 0 Å². The molecule has 0 aliphatic heterocycles. The van der Waals surface area contributed by atoms with Crippen LogP contribution in [0.4, 0.5) is 4.39 Å². The monoisotopic (exact) mass is 378 g/mol. The number of aromatic nitrogens is 3. The van der Waals surface area contributed by atoms with Gasteiger partial charge in [-0.3, -0.25) is 4.79 Å². The van der Waals surface area contributed by atoms with E-state index in [4.69, 9.17) is 9.88 Å². The van der Waals surface area contributed by atoms with Gasteiger partial charge in [-0.05, 0) is 30.3 Å². The lowest BCUT2D eigenvalue weighted by Gasteiger charge is -2.08. The van der Waals surface area contributed by atoms with Gasteiger partial charge in [0.25, 0.3) is 5.56 Å². The van der Waals surface area contributed by atoms with Crippen molar-refractivity contribution in [2.75, 3.05) is 0 Å². The topological polar surface area (TPSA) is 134 Å². The van der Waals surface area contributed by atoms with Crippen molar-refractivity contribution in [3.8, 4) is 0 Å². The van der Waals surface area contributed by atoms with E-state index in [1.807, 2.05) is 0 Å². The summed E-state index contributed by atoms with van der Waals surface area (Å²) in [4.78, 5) is 23.8. The fraction of sp³-hybridized carbons (Fsp3) is 0.0667. The molecule has 0 unspecified atom stereocenters. The molecule has 2 aromatic carbocycles. The van der Waals surface area contributed by atoms with Crippen molar-refractivity contribution < 1.29 is 22.3 Å². The molecule has 11 heteroatoms. The van der Waals surface area contributed by atoms with Gasteiger partial charge < -0.3 is 4.74 Å². The van der Waals surface area contributed by atoms with Crippen molar-refractivity contribution in [3.05, 3.63) is 64.2 Å². The van der Waals surface area contributed by atoms with Gasteiger partial charge in [0.05, 0.1) is 15.8 Å².